The summed E-state index contributed by atoms with van der Waals surface area (Å²) in [5.74, 6) is 0.293. The first kappa shape index (κ1) is 27.4. The number of aromatic nitrogens is 2. The summed E-state index contributed by atoms with van der Waals surface area (Å²) in [5.41, 5.74) is 8.65. The molecule has 0 aliphatic heterocycles. The summed E-state index contributed by atoms with van der Waals surface area (Å²) in [5, 5.41) is 5.75. The van der Waals surface area contributed by atoms with Crippen molar-refractivity contribution < 1.29 is 18.0 Å². The fourth-order valence-corrected chi connectivity index (χ4v) is 4.73. The van der Waals surface area contributed by atoms with E-state index in [-0.39, 0.29) is 6.04 Å². The maximum absolute atomic E-state index is 12.9. The van der Waals surface area contributed by atoms with Crippen molar-refractivity contribution in [2.24, 2.45) is 11.7 Å². The lowest BCUT2D eigenvalue weighted by Crippen LogP contribution is -2.17. The van der Waals surface area contributed by atoms with E-state index in [1.807, 2.05) is 41.2 Å². The molecule has 0 spiro atoms. The van der Waals surface area contributed by atoms with Crippen LogP contribution in [-0.4, -0.2) is 15.7 Å². The number of rotatable bonds is 7. The lowest BCUT2D eigenvalue weighted by Gasteiger charge is -2.27. The summed E-state index contributed by atoms with van der Waals surface area (Å²) in [7, 11) is 0. The van der Waals surface area contributed by atoms with Gasteiger partial charge in [-0.2, -0.15) is 18.3 Å². The highest BCUT2D eigenvalue weighted by Crippen LogP contribution is 2.36. The van der Waals surface area contributed by atoms with Crippen molar-refractivity contribution in [3.63, 3.8) is 0 Å². The Balaban J connectivity index is 0.00000107. The smallest absolute Gasteiger partial charge is 0.366 e. The number of carbonyl (C=O) groups is 1. The zero-order chi connectivity index (χ0) is 27.3. The number of hydrogen-bond donors (Lipinski definition) is 1. The predicted molar refractivity (Wildman–Crippen MR) is 146 cm³/mol. The number of nitrogens with two attached hydrogens (primary N) is 1. The number of hydrogen-bond acceptors (Lipinski definition) is 2. The normalized spacial score (nSPS) is 14.4. The summed E-state index contributed by atoms with van der Waals surface area (Å²) >= 11 is 0. The van der Waals surface area contributed by atoms with E-state index < -0.39 is 17.6 Å². The molecule has 1 atom stereocenters. The fraction of sp³-hybridized carbons (Fsp3) is 0.355. The van der Waals surface area contributed by atoms with Gasteiger partial charge in [-0.15, -0.1) is 0 Å². The number of halogens is 3. The van der Waals surface area contributed by atoms with Crippen molar-refractivity contribution in [3.05, 3.63) is 89.6 Å². The van der Waals surface area contributed by atoms with Crippen LogP contribution in [0.1, 0.15) is 79.9 Å². The molecule has 1 saturated carbocycles. The van der Waals surface area contributed by atoms with Crippen LogP contribution in [0.3, 0.4) is 0 Å². The zero-order valence-electron chi connectivity index (χ0n) is 21.8. The third-order valence-corrected chi connectivity index (χ3v) is 7.04. The summed E-state index contributed by atoms with van der Waals surface area (Å²) < 4.78 is 40.7. The Morgan fingerprint density at radius 3 is 2.18 bits per heavy atom. The van der Waals surface area contributed by atoms with Crippen molar-refractivity contribution >= 4 is 16.8 Å². The lowest BCUT2D eigenvalue weighted by atomic mass is 9.81. The molecule has 5 rings (SSSR count). The summed E-state index contributed by atoms with van der Waals surface area (Å²) in [6, 6.07) is 18.3. The minimum absolute atomic E-state index is 0.0134. The van der Waals surface area contributed by atoms with Gasteiger partial charge in [0.25, 0.3) is 0 Å². The summed E-state index contributed by atoms with van der Waals surface area (Å²) in [4.78, 5) is 11.5. The second kappa shape index (κ2) is 11.8. The first-order valence-corrected chi connectivity index (χ1v) is 13.3. The molecule has 38 heavy (non-hydrogen) atoms. The Hall–Kier alpha value is -3.61. The molecule has 1 unspecified atom stereocenters. The van der Waals surface area contributed by atoms with Crippen molar-refractivity contribution in [3.8, 4) is 11.1 Å². The van der Waals surface area contributed by atoms with Crippen LogP contribution in [0.15, 0.2) is 72.9 Å². The van der Waals surface area contributed by atoms with Gasteiger partial charge in [0.05, 0.1) is 17.1 Å². The van der Waals surface area contributed by atoms with Gasteiger partial charge in [0.2, 0.25) is 5.91 Å². The molecule has 0 bridgehead atoms. The quantitative estimate of drug-likeness (QED) is 0.265. The Morgan fingerprint density at radius 2 is 1.63 bits per heavy atom. The van der Waals surface area contributed by atoms with Gasteiger partial charge < -0.3 is 5.73 Å². The highest BCUT2D eigenvalue weighted by molar-refractivity contribution is 5.92. The first-order valence-electron chi connectivity index (χ1n) is 13.3. The number of carbonyl (C=O) groups excluding carboxylic acids is 1. The van der Waals surface area contributed by atoms with Crippen LogP contribution in [0, 0.1) is 5.92 Å². The van der Waals surface area contributed by atoms with Crippen LogP contribution in [0.2, 0.25) is 0 Å². The van der Waals surface area contributed by atoms with E-state index >= 15 is 0 Å². The molecule has 4 aromatic rings. The average Bonchev–Trinajstić information content (AvgIpc) is 3.29. The number of amides is 1. The van der Waals surface area contributed by atoms with Crippen molar-refractivity contribution in [2.45, 2.75) is 64.6 Å². The van der Waals surface area contributed by atoms with Crippen molar-refractivity contribution in [1.29, 1.82) is 0 Å². The average molecular weight is 522 g/mol. The van der Waals surface area contributed by atoms with Gasteiger partial charge in [-0.3, -0.25) is 9.48 Å². The van der Waals surface area contributed by atoms with Gasteiger partial charge in [-0.1, -0.05) is 69.9 Å². The van der Waals surface area contributed by atoms with Crippen molar-refractivity contribution in [2.75, 3.05) is 0 Å². The molecule has 0 saturated heterocycles. The molecule has 1 aromatic heterocycles. The maximum atomic E-state index is 12.9. The van der Waals surface area contributed by atoms with Crippen LogP contribution in [0.25, 0.3) is 22.0 Å². The Labute approximate surface area is 221 Å². The van der Waals surface area contributed by atoms with Gasteiger partial charge in [-0.05, 0) is 71.8 Å². The monoisotopic (exact) mass is 521 g/mol. The van der Waals surface area contributed by atoms with Gasteiger partial charge in [0, 0.05) is 17.1 Å². The van der Waals surface area contributed by atoms with E-state index in [9.17, 15) is 18.0 Å². The molecule has 1 aliphatic rings. The molecular weight excluding hydrogens is 487 g/mol. The topological polar surface area (TPSA) is 60.9 Å². The minimum atomic E-state index is -4.35. The van der Waals surface area contributed by atoms with E-state index in [1.54, 1.807) is 12.1 Å². The minimum Gasteiger partial charge on any atom is -0.366 e. The maximum Gasteiger partial charge on any atom is 0.416 e. The Morgan fingerprint density at radius 1 is 1.00 bits per heavy atom. The molecule has 4 nitrogen and oxygen atoms in total. The van der Waals surface area contributed by atoms with Gasteiger partial charge in [0.1, 0.15) is 0 Å². The summed E-state index contributed by atoms with van der Waals surface area (Å²) in [6.07, 6.45) is 4.76. The Bertz CT molecular complexity index is 1350. The molecule has 3 aromatic carbocycles. The van der Waals surface area contributed by atoms with E-state index in [0.29, 0.717) is 5.56 Å². The van der Waals surface area contributed by atoms with E-state index in [1.165, 1.54) is 37.8 Å². The molecule has 200 valence electrons. The van der Waals surface area contributed by atoms with Crippen molar-refractivity contribution in [1.82, 2.24) is 9.78 Å². The van der Waals surface area contributed by atoms with Gasteiger partial charge in [0.15, 0.2) is 0 Å². The number of nitrogens with zero attached hydrogens (tertiary/aromatic N) is 2. The van der Waals surface area contributed by atoms with E-state index in [4.69, 9.17) is 10.8 Å². The third kappa shape index (κ3) is 6.44. The second-order valence-electron chi connectivity index (χ2n) is 10.0. The molecule has 1 heterocycles. The third-order valence-electron chi connectivity index (χ3n) is 7.04. The number of primary amides is 1. The SMILES string of the molecule is CCC.NC(=O)c1ccc(C(CCC2CCC2)n2cc3cc(-c4ccc(C(F)(F)F)cc4)ccc3n2)cc1. The van der Waals surface area contributed by atoms with Gasteiger partial charge >= 0.3 is 6.18 Å². The largest absolute Gasteiger partial charge is 0.416 e. The first-order chi connectivity index (χ1) is 18.2. The molecule has 1 fully saturated rings. The Kier molecular flexibility index (Phi) is 8.55. The van der Waals surface area contributed by atoms with E-state index in [0.717, 1.165) is 58.5 Å². The van der Waals surface area contributed by atoms with Crippen LogP contribution < -0.4 is 5.73 Å². The second-order valence-corrected chi connectivity index (χ2v) is 10.0. The molecular formula is C31H34F3N3O. The fourth-order valence-electron chi connectivity index (χ4n) is 4.73. The summed E-state index contributed by atoms with van der Waals surface area (Å²) in [6.45, 7) is 4.25. The molecule has 2 N–H and O–H groups in total. The molecule has 7 heteroatoms. The van der Waals surface area contributed by atoms with Crippen LogP contribution in [0.4, 0.5) is 13.2 Å². The number of benzene rings is 3. The van der Waals surface area contributed by atoms with Crippen LogP contribution in [-0.2, 0) is 6.18 Å². The molecule has 0 radical (unpaired) electrons. The standard InChI is InChI=1S/C28H26F3N3O.C3H8/c29-28(30,31)24-12-9-19(10-13-24)22-11-14-25-23(16-22)17-34(33-25)26(15-4-18-2-1-3-18)20-5-7-21(8-6-20)27(32)35;1-3-2/h5-14,16-18,26H,1-4,15H2,(H2,32,35);3H2,1-2H3. The number of alkyl halides is 3. The van der Waals surface area contributed by atoms with E-state index in [2.05, 4.69) is 13.8 Å². The highest BCUT2D eigenvalue weighted by Gasteiger charge is 2.30. The van der Waals surface area contributed by atoms with Crippen LogP contribution >= 0.6 is 0 Å². The van der Waals surface area contributed by atoms with Gasteiger partial charge in [-0.25, -0.2) is 0 Å². The highest BCUT2D eigenvalue weighted by atomic mass is 19.4. The lowest BCUT2D eigenvalue weighted by molar-refractivity contribution is -0.137. The predicted octanol–water partition coefficient (Wildman–Crippen LogP) is 8.41. The molecule has 1 amide bonds. The van der Waals surface area contributed by atoms with Crippen LogP contribution in [0.5, 0.6) is 0 Å². The zero-order valence-corrected chi connectivity index (χ0v) is 21.8. The molecule has 1 aliphatic carbocycles. The number of fused-ring (bicyclic) bond motifs is 1.